The summed E-state index contributed by atoms with van der Waals surface area (Å²) in [6.07, 6.45) is 48.1. The maximum Gasteiger partial charge on any atom is 0.306 e. The van der Waals surface area contributed by atoms with Crippen molar-refractivity contribution >= 4 is 17.9 Å². The van der Waals surface area contributed by atoms with E-state index in [0.717, 1.165) is 116 Å². The molecule has 0 aromatic rings. The molecule has 6 nitrogen and oxygen atoms in total. The summed E-state index contributed by atoms with van der Waals surface area (Å²) in [5.74, 6) is -0.925. The Bertz CT molecular complexity index is 975. The van der Waals surface area contributed by atoms with Crippen LogP contribution in [0.15, 0.2) is 60.8 Å². The van der Waals surface area contributed by atoms with Gasteiger partial charge in [0.25, 0.3) is 0 Å². The van der Waals surface area contributed by atoms with Gasteiger partial charge in [-0.2, -0.15) is 0 Å². The lowest BCUT2D eigenvalue weighted by Crippen LogP contribution is -2.30. The first-order valence-electron chi connectivity index (χ1n) is 21.3. The fraction of sp³-hybridized carbons (Fsp3) is 0.717. The minimum Gasteiger partial charge on any atom is -0.462 e. The summed E-state index contributed by atoms with van der Waals surface area (Å²) in [5.41, 5.74) is 0. The third-order valence-corrected chi connectivity index (χ3v) is 8.79. The number of rotatable bonds is 37. The van der Waals surface area contributed by atoms with Crippen molar-refractivity contribution in [3.63, 3.8) is 0 Å². The van der Waals surface area contributed by atoms with Crippen LogP contribution in [0.4, 0.5) is 0 Å². The molecule has 0 fully saturated rings. The SMILES string of the molecule is CC/C=C\C/C=C\C/C=C\C/C=C\C/C=C\CCCCCCCC(=O)OCC(COC(=O)CCCCCCC)OC(=O)CCCCCCCCCC. The predicted octanol–water partition coefficient (Wildman–Crippen LogP) is 13.4. The average molecular weight is 727 g/mol. The van der Waals surface area contributed by atoms with Crippen LogP contribution in [0, 0.1) is 0 Å². The standard InChI is InChI=1S/C46H78O6/c1-4-7-10-13-15-17-18-19-20-21-22-23-24-25-26-27-28-29-31-33-36-39-45(48)51-42-43(41-50-44(47)38-35-32-12-9-6-3)52-46(49)40-37-34-30-16-14-11-8-5-2/h7,10,15,17,19-20,22-23,25-26,43H,4-6,8-9,11-14,16,18,21,24,27-42H2,1-3H3/b10-7-,17-15-,20-19-,23-22-,26-25-. The normalized spacial score (nSPS) is 12.6. The van der Waals surface area contributed by atoms with Crippen LogP contribution in [-0.2, 0) is 28.6 Å². The van der Waals surface area contributed by atoms with Gasteiger partial charge in [0, 0.05) is 19.3 Å². The van der Waals surface area contributed by atoms with E-state index >= 15 is 0 Å². The van der Waals surface area contributed by atoms with Crippen LogP contribution in [0.25, 0.3) is 0 Å². The zero-order valence-electron chi connectivity index (χ0n) is 33.8. The molecular weight excluding hydrogens is 649 g/mol. The monoisotopic (exact) mass is 727 g/mol. The number of esters is 3. The largest absolute Gasteiger partial charge is 0.462 e. The number of allylic oxidation sites excluding steroid dienone is 10. The minimum absolute atomic E-state index is 0.0812. The molecule has 0 saturated carbocycles. The van der Waals surface area contributed by atoms with E-state index < -0.39 is 6.10 Å². The first-order valence-corrected chi connectivity index (χ1v) is 21.3. The lowest BCUT2D eigenvalue weighted by Gasteiger charge is -2.18. The predicted molar refractivity (Wildman–Crippen MR) is 219 cm³/mol. The maximum absolute atomic E-state index is 12.5. The van der Waals surface area contributed by atoms with Crippen molar-refractivity contribution in [3.8, 4) is 0 Å². The molecule has 0 radical (unpaired) electrons. The van der Waals surface area contributed by atoms with E-state index in [2.05, 4.69) is 81.5 Å². The van der Waals surface area contributed by atoms with Crippen molar-refractivity contribution in [3.05, 3.63) is 60.8 Å². The second-order valence-corrected chi connectivity index (χ2v) is 13.9. The third-order valence-electron chi connectivity index (χ3n) is 8.79. The number of carbonyl (C=O) groups excluding carboxylic acids is 3. The smallest absolute Gasteiger partial charge is 0.306 e. The fourth-order valence-corrected chi connectivity index (χ4v) is 5.58. The molecule has 6 heteroatoms. The van der Waals surface area contributed by atoms with Crippen molar-refractivity contribution in [2.75, 3.05) is 13.2 Å². The Labute approximate surface area is 320 Å². The van der Waals surface area contributed by atoms with Crippen molar-refractivity contribution in [2.45, 2.75) is 200 Å². The van der Waals surface area contributed by atoms with Crippen LogP contribution < -0.4 is 0 Å². The molecule has 52 heavy (non-hydrogen) atoms. The van der Waals surface area contributed by atoms with Crippen molar-refractivity contribution < 1.29 is 28.6 Å². The first-order chi connectivity index (χ1) is 25.5. The number of unbranched alkanes of at least 4 members (excludes halogenated alkanes) is 16. The molecule has 0 amide bonds. The number of hydrogen-bond donors (Lipinski definition) is 0. The van der Waals surface area contributed by atoms with Gasteiger partial charge >= 0.3 is 17.9 Å². The van der Waals surface area contributed by atoms with Crippen LogP contribution in [0.5, 0.6) is 0 Å². The van der Waals surface area contributed by atoms with E-state index in [-0.39, 0.29) is 31.1 Å². The van der Waals surface area contributed by atoms with Gasteiger partial charge < -0.3 is 14.2 Å². The van der Waals surface area contributed by atoms with E-state index in [1.54, 1.807) is 0 Å². The van der Waals surface area contributed by atoms with Crippen LogP contribution in [0.1, 0.15) is 194 Å². The summed E-state index contributed by atoms with van der Waals surface area (Å²) in [7, 11) is 0. The van der Waals surface area contributed by atoms with Crippen molar-refractivity contribution in [2.24, 2.45) is 0 Å². The van der Waals surface area contributed by atoms with E-state index in [0.29, 0.717) is 19.3 Å². The van der Waals surface area contributed by atoms with Gasteiger partial charge in [-0.1, -0.05) is 171 Å². The molecule has 0 aliphatic rings. The van der Waals surface area contributed by atoms with Gasteiger partial charge in [-0.05, 0) is 64.2 Å². The fourth-order valence-electron chi connectivity index (χ4n) is 5.58. The minimum atomic E-state index is -0.773. The summed E-state index contributed by atoms with van der Waals surface area (Å²) in [6, 6.07) is 0. The zero-order chi connectivity index (χ0) is 38.0. The lowest BCUT2D eigenvalue weighted by molar-refractivity contribution is -0.167. The molecule has 0 saturated heterocycles. The van der Waals surface area contributed by atoms with Gasteiger partial charge in [0.2, 0.25) is 0 Å². The molecule has 0 N–H and O–H groups in total. The molecule has 0 aromatic heterocycles. The molecule has 0 spiro atoms. The Kier molecular flexibility index (Phi) is 38.6. The lowest BCUT2D eigenvalue weighted by atomic mass is 10.1. The van der Waals surface area contributed by atoms with E-state index in [1.807, 2.05) is 0 Å². The Hall–Kier alpha value is -2.89. The van der Waals surface area contributed by atoms with Crippen molar-refractivity contribution in [1.82, 2.24) is 0 Å². The van der Waals surface area contributed by atoms with Gasteiger partial charge in [-0.25, -0.2) is 0 Å². The van der Waals surface area contributed by atoms with Crippen molar-refractivity contribution in [1.29, 1.82) is 0 Å². The third kappa shape index (κ3) is 38.3. The molecule has 298 valence electrons. The van der Waals surface area contributed by atoms with E-state index in [4.69, 9.17) is 14.2 Å². The first kappa shape index (κ1) is 49.1. The number of hydrogen-bond acceptors (Lipinski definition) is 6. The number of carbonyl (C=O) groups is 3. The summed E-state index contributed by atoms with van der Waals surface area (Å²) in [5, 5.41) is 0. The summed E-state index contributed by atoms with van der Waals surface area (Å²) in [6.45, 7) is 6.36. The quantitative estimate of drug-likeness (QED) is 0.0274. The highest BCUT2D eigenvalue weighted by atomic mass is 16.6. The van der Waals surface area contributed by atoms with Gasteiger partial charge in [-0.3, -0.25) is 14.4 Å². The van der Waals surface area contributed by atoms with E-state index in [1.165, 1.54) is 38.5 Å². The molecule has 1 atom stereocenters. The van der Waals surface area contributed by atoms with Crippen LogP contribution >= 0.6 is 0 Å². The van der Waals surface area contributed by atoms with Gasteiger partial charge in [0.1, 0.15) is 13.2 Å². The number of ether oxygens (including phenoxy) is 3. The molecule has 0 aromatic carbocycles. The Morgan fingerprint density at radius 1 is 0.404 bits per heavy atom. The Morgan fingerprint density at radius 2 is 0.750 bits per heavy atom. The highest BCUT2D eigenvalue weighted by molar-refractivity contribution is 5.71. The Balaban J connectivity index is 4.19. The molecule has 0 heterocycles. The van der Waals surface area contributed by atoms with Crippen LogP contribution in [0.2, 0.25) is 0 Å². The summed E-state index contributed by atoms with van der Waals surface area (Å²) in [4.78, 5) is 37.3. The second-order valence-electron chi connectivity index (χ2n) is 13.9. The van der Waals surface area contributed by atoms with Crippen LogP contribution in [0.3, 0.4) is 0 Å². The highest BCUT2D eigenvalue weighted by Crippen LogP contribution is 2.13. The van der Waals surface area contributed by atoms with Gasteiger partial charge in [-0.15, -0.1) is 0 Å². The molecule has 0 rings (SSSR count). The Morgan fingerprint density at radius 3 is 1.17 bits per heavy atom. The molecular formula is C46H78O6. The topological polar surface area (TPSA) is 78.9 Å². The van der Waals surface area contributed by atoms with E-state index in [9.17, 15) is 14.4 Å². The summed E-state index contributed by atoms with van der Waals surface area (Å²) >= 11 is 0. The molecule has 0 aliphatic carbocycles. The van der Waals surface area contributed by atoms with Gasteiger partial charge in [0.15, 0.2) is 6.10 Å². The zero-order valence-corrected chi connectivity index (χ0v) is 33.8. The average Bonchev–Trinajstić information content (AvgIpc) is 3.14. The highest BCUT2D eigenvalue weighted by Gasteiger charge is 2.19. The maximum atomic E-state index is 12.5. The van der Waals surface area contributed by atoms with Crippen LogP contribution in [-0.4, -0.2) is 37.2 Å². The molecule has 0 bridgehead atoms. The second kappa shape index (κ2) is 40.9. The van der Waals surface area contributed by atoms with Gasteiger partial charge in [0.05, 0.1) is 0 Å². The summed E-state index contributed by atoms with van der Waals surface area (Å²) < 4.78 is 16.5. The molecule has 0 aliphatic heterocycles. The molecule has 1 unspecified atom stereocenters.